The van der Waals surface area contributed by atoms with Crippen LogP contribution in [0.25, 0.3) is 0 Å². The minimum absolute atomic E-state index is 0.833. The van der Waals surface area contributed by atoms with E-state index >= 15 is 0 Å². The maximum atomic E-state index is 9.00. The molecule has 0 aromatic rings. The Hall–Kier alpha value is -0.570. The molecule has 0 bridgehead atoms. The van der Waals surface area contributed by atoms with Crippen molar-refractivity contribution in [2.45, 2.75) is 124 Å². The van der Waals surface area contributed by atoms with Crippen LogP contribution in [0.5, 0.6) is 0 Å². The van der Waals surface area contributed by atoms with Crippen LogP contribution in [-0.2, 0) is 4.79 Å². The van der Waals surface area contributed by atoms with Gasteiger partial charge in [-0.1, -0.05) is 110 Å². The second kappa shape index (κ2) is 23.4. The van der Waals surface area contributed by atoms with Gasteiger partial charge in [-0.2, -0.15) is 0 Å². The molecule has 0 aliphatic rings. The number of carboxylic acid groups (broad SMARTS) is 1. The van der Waals surface area contributed by atoms with Gasteiger partial charge in [0.1, 0.15) is 0 Å². The summed E-state index contributed by atoms with van der Waals surface area (Å²) in [6.07, 6.45) is 22.9. The van der Waals surface area contributed by atoms with E-state index in [9.17, 15) is 0 Å². The fourth-order valence-corrected chi connectivity index (χ4v) is 3.00. The number of rotatable bonds is 17. The van der Waals surface area contributed by atoms with Gasteiger partial charge in [0.25, 0.3) is 5.97 Å². The summed E-state index contributed by atoms with van der Waals surface area (Å²) in [5.74, 6) is 0.0608. The van der Waals surface area contributed by atoms with E-state index in [1.165, 1.54) is 103 Å². The molecule has 0 saturated heterocycles. The molecule has 0 aliphatic heterocycles. The Kier molecular flexibility index (Phi) is 25.0. The molecule has 25 heavy (non-hydrogen) atoms. The van der Waals surface area contributed by atoms with Crippen LogP contribution in [-0.4, -0.2) is 17.6 Å². The molecule has 0 rings (SSSR count). The molecule has 0 fully saturated rings. The van der Waals surface area contributed by atoms with Gasteiger partial charge < -0.3 is 10.8 Å². The van der Waals surface area contributed by atoms with Crippen molar-refractivity contribution in [1.82, 2.24) is 0 Å². The van der Waals surface area contributed by atoms with E-state index < -0.39 is 5.97 Å². The molecule has 0 radical (unpaired) electrons. The van der Waals surface area contributed by atoms with Gasteiger partial charge in [0, 0.05) is 6.92 Å². The minimum Gasteiger partial charge on any atom is -0.481 e. The van der Waals surface area contributed by atoms with E-state index in [1.807, 2.05) is 0 Å². The first-order valence-electron chi connectivity index (χ1n) is 10.9. The molecule has 0 aromatic carbocycles. The summed E-state index contributed by atoms with van der Waals surface area (Å²) in [4.78, 5) is 9.00. The zero-order valence-electron chi connectivity index (χ0n) is 17.5. The summed E-state index contributed by atoms with van der Waals surface area (Å²) >= 11 is 0. The number of hydrogen-bond donors (Lipinski definition) is 2. The predicted molar refractivity (Wildman–Crippen MR) is 111 cm³/mol. The molecule has 0 unspecified atom stereocenters. The van der Waals surface area contributed by atoms with E-state index in [1.54, 1.807) is 0 Å². The number of hydrogen-bond acceptors (Lipinski definition) is 2. The third-order valence-electron chi connectivity index (χ3n) is 4.49. The van der Waals surface area contributed by atoms with Gasteiger partial charge in [-0.25, -0.2) is 0 Å². The monoisotopic (exact) mass is 357 g/mol. The lowest BCUT2D eigenvalue weighted by Gasteiger charge is -2.05. The molecule has 3 N–H and O–H groups in total. The van der Waals surface area contributed by atoms with Gasteiger partial charge in [-0.3, -0.25) is 4.79 Å². The van der Waals surface area contributed by atoms with Crippen LogP contribution in [0.1, 0.15) is 124 Å². The Morgan fingerprint density at radius 2 is 0.920 bits per heavy atom. The van der Waals surface area contributed by atoms with E-state index in [0.717, 1.165) is 19.4 Å². The molecule has 3 nitrogen and oxygen atoms in total. The highest BCUT2D eigenvalue weighted by molar-refractivity contribution is 5.62. The summed E-state index contributed by atoms with van der Waals surface area (Å²) < 4.78 is 0. The molecule has 152 valence electrons. The lowest BCUT2D eigenvalue weighted by molar-refractivity contribution is -0.134. The Balaban J connectivity index is 0. The van der Waals surface area contributed by atoms with Gasteiger partial charge in [-0.15, -0.1) is 0 Å². The molecule has 3 heteroatoms. The van der Waals surface area contributed by atoms with Crippen molar-refractivity contribution in [2.75, 3.05) is 6.54 Å². The SMILES string of the molecule is CC(=O)O.CC(C)CCCCCCCCCCCCCCCCCN. The zero-order chi connectivity index (χ0) is 19.2. The van der Waals surface area contributed by atoms with Crippen LogP contribution in [0, 0.1) is 5.92 Å². The molecule has 0 aliphatic carbocycles. The highest BCUT2D eigenvalue weighted by Gasteiger charge is 1.96. The first-order valence-corrected chi connectivity index (χ1v) is 10.9. The van der Waals surface area contributed by atoms with Crippen LogP contribution in [0.3, 0.4) is 0 Å². The molecule has 0 atom stereocenters. The third kappa shape index (κ3) is 35.4. The van der Waals surface area contributed by atoms with Gasteiger partial charge in [-0.05, 0) is 18.9 Å². The van der Waals surface area contributed by atoms with E-state index in [0.29, 0.717) is 0 Å². The fourth-order valence-electron chi connectivity index (χ4n) is 3.00. The Labute approximate surface area is 158 Å². The van der Waals surface area contributed by atoms with Crippen molar-refractivity contribution in [1.29, 1.82) is 0 Å². The maximum absolute atomic E-state index is 9.00. The average molecular weight is 358 g/mol. The molecule has 0 spiro atoms. The normalized spacial score (nSPS) is 10.6. The van der Waals surface area contributed by atoms with Crippen LogP contribution in [0.4, 0.5) is 0 Å². The molecule has 0 aromatic heterocycles. The van der Waals surface area contributed by atoms with E-state index in [4.69, 9.17) is 15.6 Å². The van der Waals surface area contributed by atoms with Crippen molar-refractivity contribution in [2.24, 2.45) is 11.7 Å². The highest BCUT2D eigenvalue weighted by atomic mass is 16.4. The Morgan fingerprint density at radius 1 is 0.680 bits per heavy atom. The van der Waals surface area contributed by atoms with Gasteiger partial charge in [0.15, 0.2) is 0 Å². The lowest BCUT2D eigenvalue weighted by atomic mass is 10.0. The molecular weight excluding hydrogens is 310 g/mol. The van der Waals surface area contributed by atoms with Crippen LogP contribution in [0.2, 0.25) is 0 Å². The maximum Gasteiger partial charge on any atom is 0.300 e. The van der Waals surface area contributed by atoms with Gasteiger partial charge in [0.2, 0.25) is 0 Å². The fraction of sp³-hybridized carbons (Fsp3) is 0.955. The molecule has 0 amide bonds. The second-order valence-electron chi connectivity index (χ2n) is 7.79. The Bertz CT molecular complexity index is 250. The van der Waals surface area contributed by atoms with E-state index in [2.05, 4.69) is 13.8 Å². The number of carboxylic acids is 1. The minimum atomic E-state index is -0.833. The lowest BCUT2D eigenvalue weighted by Crippen LogP contribution is -1.97. The van der Waals surface area contributed by atoms with Crippen molar-refractivity contribution in [3.05, 3.63) is 0 Å². The molecule has 0 saturated carbocycles. The topological polar surface area (TPSA) is 63.3 Å². The van der Waals surface area contributed by atoms with Crippen molar-refractivity contribution >= 4 is 5.97 Å². The molecular formula is C22H47NO2. The zero-order valence-corrected chi connectivity index (χ0v) is 17.5. The summed E-state index contributed by atoms with van der Waals surface area (Å²) in [7, 11) is 0. The summed E-state index contributed by atoms with van der Waals surface area (Å²) in [5.41, 5.74) is 5.49. The summed E-state index contributed by atoms with van der Waals surface area (Å²) in [6, 6.07) is 0. The van der Waals surface area contributed by atoms with Gasteiger partial charge in [0.05, 0.1) is 0 Å². The number of unbranched alkanes of at least 4 members (excludes halogenated alkanes) is 14. The third-order valence-corrected chi connectivity index (χ3v) is 4.49. The van der Waals surface area contributed by atoms with Crippen molar-refractivity contribution in [3.8, 4) is 0 Å². The van der Waals surface area contributed by atoms with Crippen LogP contribution < -0.4 is 5.73 Å². The number of carbonyl (C=O) groups is 1. The summed E-state index contributed by atoms with van der Waals surface area (Å²) in [6.45, 7) is 6.62. The highest BCUT2D eigenvalue weighted by Crippen LogP contribution is 2.14. The smallest absolute Gasteiger partial charge is 0.300 e. The second-order valence-corrected chi connectivity index (χ2v) is 7.79. The largest absolute Gasteiger partial charge is 0.481 e. The summed E-state index contributed by atoms with van der Waals surface area (Å²) in [5, 5.41) is 7.42. The quantitative estimate of drug-likeness (QED) is 0.277. The standard InChI is InChI=1S/C20H43N.C2H4O2/c1-20(2)18-16-14-12-10-8-6-4-3-5-7-9-11-13-15-17-19-21;1-2(3)4/h20H,3-19,21H2,1-2H3;1H3,(H,3,4). The average Bonchev–Trinajstić information content (AvgIpc) is 2.53. The van der Waals surface area contributed by atoms with Crippen molar-refractivity contribution in [3.63, 3.8) is 0 Å². The van der Waals surface area contributed by atoms with Crippen molar-refractivity contribution < 1.29 is 9.90 Å². The number of aliphatic carboxylic acids is 1. The first-order chi connectivity index (χ1) is 12.0. The van der Waals surface area contributed by atoms with Crippen LogP contribution >= 0.6 is 0 Å². The van der Waals surface area contributed by atoms with Crippen LogP contribution in [0.15, 0.2) is 0 Å². The molecule has 0 heterocycles. The van der Waals surface area contributed by atoms with E-state index in [-0.39, 0.29) is 0 Å². The predicted octanol–water partition coefficient (Wildman–Crippen LogP) is 6.93. The first kappa shape index (κ1) is 26.7. The Morgan fingerprint density at radius 3 is 1.16 bits per heavy atom. The number of nitrogens with two attached hydrogens (primary N) is 1. The van der Waals surface area contributed by atoms with Gasteiger partial charge >= 0.3 is 0 Å².